The highest BCUT2D eigenvalue weighted by Gasteiger charge is 2.25. The average molecular weight is 482 g/mol. The number of para-hydroxylation sites is 2. The Morgan fingerprint density at radius 1 is 0.971 bits per heavy atom. The summed E-state index contributed by atoms with van der Waals surface area (Å²) in [4.78, 5) is 30.8. The van der Waals surface area contributed by atoms with Crippen LogP contribution in [0.5, 0.6) is 5.75 Å². The van der Waals surface area contributed by atoms with E-state index in [9.17, 15) is 9.59 Å². The topological polar surface area (TPSA) is 61.9 Å². The van der Waals surface area contributed by atoms with Crippen molar-refractivity contribution in [3.8, 4) is 5.75 Å². The molecule has 6 nitrogen and oxygen atoms in total. The molecule has 1 N–H and O–H groups in total. The van der Waals surface area contributed by atoms with E-state index in [0.29, 0.717) is 30.3 Å². The molecule has 1 saturated heterocycles. The maximum absolute atomic E-state index is 13.3. The summed E-state index contributed by atoms with van der Waals surface area (Å²) in [5.41, 5.74) is 1.74. The molecule has 2 amide bonds. The Hall–Kier alpha value is -2.67. The maximum Gasteiger partial charge on any atom is 0.255 e. The largest absolute Gasteiger partial charge is 0.495 e. The first-order chi connectivity index (χ1) is 16.7. The lowest BCUT2D eigenvalue weighted by Gasteiger charge is -2.36. The number of hydrogen-bond donors (Lipinski definition) is 1. The molecule has 7 heteroatoms. The van der Waals surface area contributed by atoms with Crippen molar-refractivity contribution in [1.82, 2.24) is 10.2 Å². The minimum Gasteiger partial charge on any atom is -0.495 e. The van der Waals surface area contributed by atoms with Crippen LogP contribution in [-0.4, -0.2) is 62.3 Å². The van der Waals surface area contributed by atoms with Crippen LogP contribution in [0.2, 0.25) is 0 Å². The standard InChI is InChI=1S/C27H35N3O3S/c1-33-24-13-7-6-12-23(24)29-15-17-30(18-16-29)27(32)22-11-5-8-14-25(22)34-20-26(31)28-19-21-9-3-2-4-10-21/h5-8,11-14,21H,2-4,9-10,15-20H2,1H3,(H,28,31). The Labute approximate surface area is 207 Å². The van der Waals surface area contributed by atoms with Crippen LogP contribution in [0.1, 0.15) is 42.5 Å². The van der Waals surface area contributed by atoms with Gasteiger partial charge in [-0.25, -0.2) is 0 Å². The average Bonchev–Trinajstić information content (AvgIpc) is 2.91. The van der Waals surface area contributed by atoms with Crippen molar-refractivity contribution in [2.24, 2.45) is 5.92 Å². The maximum atomic E-state index is 13.3. The predicted octanol–water partition coefficient (Wildman–Crippen LogP) is 4.45. The molecule has 0 atom stereocenters. The number of rotatable bonds is 8. The van der Waals surface area contributed by atoms with Crippen molar-refractivity contribution in [3.05, 3.63) is 54.1 Å². The van der Waals surface area contributed by atoms with Crippen LogP contribution in [-0.2, 0) is 4.79 Å². The van der Waals surface area contributed by atoms with E-state index in [1.165, 1.54) is 43.9 Å². The molecule has 1 aliphatic heterocycles. The molecular weight excluding hydrogens is 446 g/mol. The summed E-state index contributed by atoms with van der Waals surface area (Å²) in [7, 11) is 1.68. The monoisotopic (exact) mass is 481 g/mol. The van der Waals surface area contributed by atoms with Gasteiger partial charge in [-0.05, 0) is 43.0 Å². The molecule has 0 radical (unpaired) electrons. The van der Waals surface area contributed by atoms with Crippen molar-refractivity contribution in [2.75, 3.05) is 50.5 Å². The zero-order valence-corrected chi connectivity index (χ0v) is 20.8. The third-order valence-electron chi connectivity index (χ3n) is 6.78. The summed E-state index contributed by atoms with van der Waals surface area (Å²) >= 11 is 1.45. The quantitative estimate of drug-likeness (QED) is 0.565. The molecule has 0 unspecified atom stereocenters. The van der Waals surface area contributed by atoms with Gasteiger partial charge in [-0.15, -0.1) is 11.8 Å². The van der Waals surface area contributed by atoms with Gasteiger partial charge in [0.1, 0.15) is 5.75 Å². The van der Waals surface area contributed by atoms with E-state index in [2.05, 4.69) is 16.3 Å². The lowest BCUT2D eigenvalue weighted by molar-refractivity contribution is -0.118. The van der Waals surface area contributed by atoms with Gasteiger partial charge in [0.05, 0.1) is 24.1 Å². The Morgan fingerprint density at radius 3 is 2.44 bits per heavy atom. The molecular formula is C27H35N3O3S. The molecule has 2 aliphatic rings. The fourth-order valence-corrected chi connectivity index (χ4v) is 5.70. The molecule has 34 heavy (non-hydrogen) atoms. The van der Waals surface area contributed by atoms with Gasteiger partial charge in [0.25, 0.3) is 5.91 Å². The van der Waals surface area contributed by atoms with E-state index in [1.807, 2.05) is 47.4 Å². The van der Waals surface area contributed by atoms with E-state index >= 15 is 0 Å². The molecule has 2 fully saturated rings. The summed E-state index contributed by atoms with van der Waals surface area (Å²) in [6, 6.07) is 15.6. The van der Waals surface area contributed by atoms with E-state index < -0.39 is 0 Å². The normalized spacial score (nSPS) is 16.9. The lowest BCUT2D eigenvalue weighted by atomic mass is 9.89. The first-order valence-electron chi connectivity index (χ1n) is 12.3. The number of amides is 2. The van der Waals surface area contributed by atoms with E-state index in [4.69, 9.17) is 4.74 Å². The summed E-state index contributed by atoms with van der Waals surface area (Å²) in [5, 5.41) is 3.09. The van der Waals surface area contributed by atoms with Crippen LogP contribution >= 0.6 is 11.8 Å². The van der Waals surface area contributed by atoms with Crippen LogP contribution in [0, 0.1) is 5.92 Å². The Kier molecular flexibility index (Phi) is 8.74. The van der Waals surface area contributed by atoms with Crippen LogP contribution in [0.15, 0.2) is 53.4 Å². The molecule has 182 valence electrons. The number of nitrogens with zero attached hydrogens (tertiary/aromatic N) is 2. The van der Waals surface area contributed by atoms with Crippen molar-refractivity contribution in [2.45, 2.75) is 37.0 Å². The van der Waals surface area contributed by atoms with Crippen molar-refractivity contribution in [1.29, 1.82) is 0 Å². The zero-order valence-electron chi connectivity index (χ0n) is 20.0. The number of ether oxygens (including phenoxy) is 1. The Morgan fingerprint density at radius 2 is 1.68 bits per heavy atom. The highest BCUT2D eigenvalue weighted by atomic mass is 32.2. The summed E-state index contributed by atoms with van der Waals surface area (Å²) in [5.74, 6) is 1.88. The van der Waals surface area contributed by atoms with Crippen molar-refractivity contribution in [3.63, 3.8) is 0 Å². The smallest absolute Gasteiger partial charge is 0.255 e. The molecule has 1 aliphatic carbocycles. The number of nitrogens with one attached hydrogen (secondary N) is 1. The van der Waals surface area contributed by atoms with Crippen LogP contribution in [0.25, 0.3) is 0 Å². The highest BCUT2D eigenvalue weighted by molar-refractivity contribution is 8.00. The van der Waals surface area contributed by atoms with E-state index in [0.717, 1.165) is 36.0 Å². The van der Waals surface area contributed by atoms with E-state index in [-0.39, 0.29) is 11.8 Å². The van der Waals surface area contributed by atoms with Gasteiger partial charge in [-0.2, -0.15) is 0 Å². The second-order valence-corrected chi connectivity index (χ2v) is 10.1. The SMILES string of the molecule is COc1ccccc1N1CCN(C(=O)c2ccccc2SCC(=O)NCC2CCCCC2)CC1. The number of methoxy groups -OCH3 is 1. The molecule has 1 heterocycles. The molecule has 0 spiro atoms. The summed E-state index contributed by atoms with van der Waals surface area (Å²) < 4.78 is 5.50. The first kappa shape index (κ1) is 24.5. The molecule has 4 rings (SSSR count). The van der Waals surface area contributed by atoms with Crippen molar-refractivity contribution < 1.29 is 14.3 Å². The van der Waals surface area contributed by atoms with Gasteiger partial charge < -0.3 is 19.9 Å². The summed E-state index contributed by atoms with van der Waals surface area (Å²) in [6.45, 7) is 3.59. The molecule has 1 saturated carbocycles. The number of hydrogen-bond acceptors (Lipinski definition) is 5. The minimum atomic E-state index is 0.0328. The second-order valence-electron chi connectivity index (χ2n) is 9.04. The lowest BCUT2D eigenvalue weighted by Crippen LogP contribution is -2.49. The third kappa shape index (κ3) is 6.26. The van der Waals surface area contributed by atoms with Crippen LogP contribution in [0.3, 0.4) is 0 Å². The number of carbonyl (C=O) groups excluding carboxylic acids is 2. The van der Waals surface area contributed by atoms with Gasteiger partial charge >= 0.3 is 0 Å². The molecule has 0 bridgehead atoms. The van der Waals surface area contributed by atoms with E-state index in [1.54, 1.807) is 7.11 Å². The second kappa shape index (κ2) is 12.2. The number of benzene rings is 2. The van der Waals surface area contributed by atoms with Crippen LogP contribution in [0.4, 0.5) is 5.69 Å². The van der Waals surface area contributed by atoms with Crippen LogP contribution < -0.4 is 15.0 Å². The van der Waals surface area contributed by atoms with Crippen molar-refractivity contribution >= 4 is 29.3 Å². The Bertz CT molecular complexity index is 969. The minimum absolute atomic E-state index is 0.0328. The third-order valence-corrected chi connectivity index (χ3v) is 7.86. The number of carbonyl (C=O) groups is 2. The predicted molar refractivity (Wildman–Crippen MR) is 138 cm³/mol. The fraction of sp³-hybridized carbons (Fsp3) is 0.481. The Balaban J connectivity index is 1.30. The number of thioether (sulfide) groups is 1. The molecule has 0 aromatic heterocycles. The zero-order chi connectivity index (χ0) is 23.8. The van der Waals surface area contributed by atoms with Gasteiger partial charge in [0.15, 0.2) is 0 Å². The first-order valence-corrected chi connectivity index (χ1v) is 13.3. The number of anilines is 1. The van der Waals surface area contributed by atoms with Gasteiger partial charge in [0.2, 0.25) is 5.91 Å². The van der Waals surface area contributed by atoms with Gasteiger partial charge in [0, 0.05) is 37.6 Å². The fourth-order valence-electron chi connectivity index (χ4n) is 4.82. The number of piperazine rings is 1. The van der Waals surface area contributed by atoms with Gasteiger partial charge in [-0.3, -0.25) is 9.59 Å². The summed E-state index contributed by atoms with van der Waals surface area (Å²) in [6.07, 6.45) is 6.31. The highest BCUT2D eigenvalue weighted by Crippen LogP contribution is 2.29. The molecule has 2 aromatic carbocycles. The van der Waals surface area contributed by atoms with Gasteiger partial charge in [-0.1, -0.05) is 43.5 Å². The molecule has 2 aromatic rings.